The fraction of sp³-hybridized carbons (Fsp3) is 0.136. The Morgan fingerprint density at radius 1 is 0.966 bits per heavy atom. The lowest BCUT2D eigenvalue weighted by Crippen LogP contribution is -2.32. The molecule has 0 radical (unpaired) electrons. The largest absolute Gasteiger partial charge is 0.485 e. The minimum atomic E-state index is -0.947. The highest BCUT2D eigenvalue weighted by Gasteiger charge is 2.39. The van der Waals surface area contributed by atoms with Crippen LogP contribution in [0.3, 0.4) is 0 Å². The van der Waals surface area contributed by atoms with Crippen molar-refractivity contribution in [3.05, 3.63) is 88.4 Å². The molecular weight excluding hydrogens is 374 g/mol. The predicted octanol–water partition coefficient (Wildman–Crippen LogP) is 3.84. The van der Waals surface area contributed by atoms with Gasteiger partial charge in [-0.2, -0.15) is 0 Å². The van der Waals surface area contributed by atoms with Gasteiger partial charge in [0.1, 0.15) is 18.1 Å². The van der Waals surface area contributed by atoms with Crippen LogP contribution in [0, 0.1) is 13.8 Å². The van der Waals surface area contributed by atoms with Crippen molar-refractivity contribution < 1.29 is 28.4 Å². The zero-order valence-corrected chi connectivity index (χ0v) is 15.8. The molecule has 0 saturated heterocycles. The summed E-state index contributed by atoms with van der Waals surface area (Å²) in [7, 11) is 0. The van der Waals surface area contributed by atoms with E-state index >= 15 is 0 Å². The Bertz CT molecular complexity index is 1090. The van der Waals surface area contributed by atoms with E-state index < -0.39 is 17.8 Å². The van der Waals surface area contributed by atoms with Gasteiger partial charge in [0.2, 0.25) is 5.76 Å². The summed E-state index contributed by atoms with van der Waals surface area (Å²) in [6.07, 6.45) is 0. The zero-order chi connectivity index (χ0) is 20.5. The topological polar surface area (TPSA) is 86.0 Å². The number of rotatable bonds is 5. The first-order valence-corrected chi connectivity index (χ1v) is 8.93. The lowest BCUT2D eigenvalue weighted by Gasteiger charge is -2.11. The number of amides is 2. The van der Waals surface area contributed by atoms with Crippen molar-refractivity contribution in [1.29, 1.82) is 0 Å². The smallest absolute Gasteiger partial charge is 0.399 e. The second-order valence-electron chi connectivity index (χ2n) is 6.65. The van der Waals surface area contributed by atoms with Crippen molar-refractivity contribution in [2.75, 3.05) is 0 Å². The summed E-state index contributed by atoms with van der Waals surface area (Å²) in [6.45, 7) is 4.05. The number of fused-ring (bicyclic) bond motifs is 1. The Balaban J connectivity index is 1.41. The number of imide groups is 1. The average molecular weight is 391 g/mol. The number of furan rings is 1. The van der Waals surface area contributed by atoms with Crippen molar-refractivity contribution in [2.24, 2.45) is 0 Å². The number of hydrogen-bond donors (Lipinski definition) is 0. The monoisotopic (exact) mass is 391 g/mol. The molecule has 0 aliphatic carbocycles. The lowest BCUT2D eigenvalue weighted by atomic mass is 10.1. The molecule has 7 nitrogen and oxygen atoms in total. The quantitative estimate of drug-likeness (QED) is 0.614. The van der Waals surface area contributed by atoms with Gasteiger partial charge in [-0.1, -0.05) is 34.9 Å². The van der Waals surface area contributed by atoms with Crippen LogP contribution in [0.2, 0.25) is 0 Å². The van der Waals surface area contributed by atoms with Crippen LogP contribution in [0.15, 0.2) is 59.0 Å². The van der Waals surface area contributed by atoms with Gasteiger partial charge in [0.25, 0.3) is 11.8 Å². The molecule has 1 aromatic heterocycles. The standard InChI is InChI=1S/C22H17NO6/c1-13-7-9-18(14(2)11-13)27-12-15-8-10-19(28-15)22(26)29-23-20(24)16-5-3-4-6-17(16)21(23)25/h3-11H,12H2,1-2H3. The Labute approximate surface area is 166 Å². The van der Waals surface area contributed by atoms with Crippen molar-refractivity contribution in [2.45, 2.75) is 20.5 Å². The maximum Gasteiger partial charge on any atom is 0.399 e. The first-order valence-electron chi connectivity index (χ1n) is 8.93. The molecule has 0 fully saturated rings. The van der Waals surface area contributed by atoms with Gasteiger partial charge in [0.05, 0.1) is 11.1 Å². The van der Waals surface area contributed by atoms with Crippen LogP contribution in [-0.4, -0.2) is 22.8 Å². The van der Waals surface area contributed by atoms with Crippen LogP contribution in [0.5, 0.6) is 5.75 Å². The molecule has 4 rings (SSSR count). The molecule has 0 atom stereocenters. The van der Waals surface area contributed by atoms with E-state index in [9.17, 15) is 14.4 Å². The van der Waals surface area contributed by atoms with Gasteiger partial charge < -0.3 is 14.0 Å². The molecule has 0 N–H and O–H groups in total. The van der Waals surface area contributed by atoms with E-state index in [1.807, 2.05) is 32.0 Å². The normalized spacial score (nSPS) is 12.8. The third-order valence-corrected chi connectivity index (χ3v) is 4.49. The Morgan fingerprint density at radius 3 is 2.31 bits per heavy atom. The molecular formula is C22H17NO6. The van der Waals surface area contributed by atoms with E-state index in [-0.39, 0.29) is 23.5 Å². The molecule has 2 aromatic carbocycles. The minimum Gasteiger partial charge on any atom is -0.485 e. The molecule has 0 saturated carbocycles. The number of carbonyl (C=O) groups excluding carboxylic acids is 3. The Hall–Kier alpha value is -3.87. The van der Waals surface area contributed by atoms with E-state index in [0.717, 1.165) is 11.1 Å². The van der Waals surface area contributed by atoms with Gasteiger partial charge in [0, 0.05) is 0 Å². The second kappa shape index (κ2) is 7.27. The Kier molecular flexibility index (Phi) is 4.64. The van der Waals surface area contributed by atoms with Crippen molar-refractivity contribution in [3.63, 3.8) is 0 Å². The fourth-order valence-electron chi connectivity index (χ4n) is 3.05. The SMILES string of the molecule is Cc1ccc(OCc2ccc(C(=O)ON3C(=O)c4ccccc4C3=O)o2)c(C)c1. The molecule has 0 spiro atoms. The highest BCUT2D eigenvalue weighted by molar-refractivity contribution is 6.21. The Morgan fingerprint density at radius 2 is 1.66 bits per heavy atom. The van der Waals surface area contributed by atoms with Crippen LogP contribution < -0.4 is 4.74 Å². The molecule has 2 amide bonds. The van der Waals surface area contributed by atoms with Gasteiger partial charge in [0.15, 0.2) is 0 Å². The maximum absolute atomic E-state index is 12.3. The predicted molar refractivity (Wildman–Crippen MR) is 101 cm³/mol. The molecule has 2 heterocycles. The number of nitrogens with zero attached hydrogens (tertiary/aromatic N) is 1. The molecule has 0 unspecified atom stereocenters. The van der Waals surface area contributed by atoms with E-state index in [1.54, 1.807) is 18.2 Å². The summed E-state index contributed by atoms with van der Waals surface area (Å²) in [5.74, 6) is -1.35. The molecule has 1 aliphatic rings. The third kappa shape index (κ3) is 3.50. The van der Waals surface area contributed by atoms with Gasteiger partial charge >= 0.3 is 5.97 Å². The zero-order valence-electron chi connectivity index (χ0n) is 15.8. The van der Waals surface area contributed by atoms with Crippen LogP contribution >= 0.6 is 0 Å². The van der Waals surface area contributed by atoms with Crippen molar-refractivity contribution in [1.82, 2.24) is 5.06 Å². The number of hydrogen-bond acceptors (Lipinski definition) is 6. The third-order valence-electron chi connectivity index (χ3n) is 4.49. The summed E-state index contributed by atoms with van der Waals surface area (Å²) in [6, 6.07) is 15.0. The summed E-state index contributed by atoms with van der Waals surface area (Å²) in [5.41, 5.74) is 2.49. The van der Waals surface area contributed by atoms with Crippen LogP contribution in [0.4, 0.5) is 0 Å². The van der Waals surface area contributed by atoms with E-state index in [2.05, 4.69) is 0 Å². The highest BCUT2D eigenvalue weighted by Crippen LogP contribution is 2.24. The van der Waals surface area contributed by atoms with Gasteiger partial charge in [-0.3, -0.25) is 9.59 Å². The van der Waals surface area contributed by atoms with Gasteiger partial charge in [-0.25, -0.2) is 4.79 Å². The van der Waals surface area contributed by atoms with Crippen LogP contribution in [0.1, 0.15) is 48.2 Å². The molecule has 0 bridgehead atoms. The van der Waals surface area contributed by atoms with Crippen LogP contribution in [0.25, 0.3) is 0 Å². The summed E-state index contributed by atoms with van der Waals surface area (Å²) in [5, 5.41) is 0.446. The fourth-order valence-corrected chi connectivity index (χ4v) is 3.05. The molecule has 1 aliphatic heterocycles. The molecule has 146 valence electrons. The number of benzene rings is 2. The maximum atomic E-state index is 12.3. The summed E-state index contributed by atoms with van der Waals surface area (Å²) in [4.78, 5) is 41.8. The molecule has 3 aromatic rings. The first kappa shape index (κ1) is 18.5. The van der Waals surface area contributed by atoms with E-state index in [1.165, 1.54) is 18.2 Å². The van der Waals surface area contributed by atoms with E-state index in [4.69, 9.17) is 14.0 Å². The molecule has 7 heteroatoms. The highest BCUT2D eigenvalue weighted by atomic mass is 16.7. The van der Waals surface area contributed by atoms with Gasteiger partial charge in [-0.05, 0) is 49.7 Å². The minimum absolute atomic E-state index is 0.115. The number of aryl methyl sites for hydroxylation is 2. The number of ether oxygens (including phenoxy) is 1. The van der Waals surface area contributed by atoms with Crippen molar-refractivity contribution in [3.8, 4) is 5.75 Å². The molecule has 29 heavy (non-hydrogen) atoms. The van der Waals surface area contributed by atoms with Crippen molar-refractivity contribution >= 4 is 17.8 Å². The number of carbonyl (C=O) groups is 3. The lowest BCUT2D eigenvalue weighted by molar-refractivity contribution is -0.0604. The first-order chi connectivity index (χ1) is 13.9. The number of hydroxylamine groups is 2. The second-order valence-corrected chi connectivity index (χ2v) is 6.65. The average Bonchev–Trinajstić information content (AvgIpc) is 3.27. The summed E-state index contributed by atoms with van der Waals surface area (Å²) < 4.78 is 11.2. The summed E-state index contributed by atoms with van der Waals surface area (Å²) >= 11 is 0. The van der Waals surface area contributed by atoms with E-state index in [0.29, 0.717) is 16.6 Å². The van der Waals surface area contributed by atoms with Gasteiger partial charge in [-0.15, -0.1) is 0 Å². The van der Waals surface area contributed by atoms with Crippen LogP contribution in [-0.2, 0) is 11.4 Å².